The molecule has 1 fully saturated rings. The zero-order valence-electron chi connectivity index (χ0n) is 9.68. The summed E-state index contributed by atoms with van der Waals surface area (Å²) < 4.78 is 2.86. The molecule has 0 unspecified atom stereocenters. The minimum absolute atomic E-state index is 0.528. The van der Waals surface area contributed by atoms with E-state index < -0.39 is 0 Å². The van der Waals surface area contributed by atoms with Gasteiger partial charge in [0.2, 0.25) is 0 Å². The fraction of sp³-hybridized carbons (Fsp3) is 0.231. The van der Waals surface area contributed by atoms with Crippen LogP contribution in [0, 0.1) is 4.77 Å². The molecule has 0 amide bonds. The van der Waals surface area contributed by atoms with Crippen LogP contribution in [0.3, 0.4) is 0 Å². The minimum atomic E-state index is 0.528. The average Bonchev–Trinajstić information content (AvgIpc) is 3.02. The minimum Gasteiger partial charge on any atom is -0.360 e. The molecule has 5 heteroatoms. The first-order valence-electron chi connectivity index (χ1n) is 6.08. The van der Waals surface area contributed by atoms with Gasteiger partial charge in [0, 0.05) is 28.7 Å². The molecule has 3 aromatic rings. The lowest BCUT2D eigenvalue weighted by molar-refractivity contribution is 0.735. The smallest absolute Gasteiger partial charge is 0.195 e. The van der Waals surface area contributed by atoms with Crippen molar-refractivity contribution in [3.05, 3.63) is 35.2 Å². The van der Waals surface area contributed by atoms with Crippen LogP contribution in [0.25, 0.3) is 22.3 Å². The van der Waals surface area contributed by atoms with Gasteiger partial charge in [-0.05, 0) is 31.1 Å². The summed E-state index contributed by atoms with van der Waals surface area (Å²) >= 11 is 5.32. The van der Waals surface area contributed by atoms with Gasteiger partial charge in [-0.15, -0.1) is 0 Å². The normalized spacial score (nSPS) is 15.3. The summed E-state index contributed by atoms with van der Waals surface area (Å²) in [5, 5.41) is 8.50. The monoisotopic (exact) mass is 256 g/mol. The number of fused-ring (bicyclic) bond motifs is 1. The zero-order chi connectivity index (χ0) is 12.1. The Balaban J connectivity index is 2.00. The van der Waals surface area contributed by atoms with Crippen LogP contribution in [-0.2, 0) is 0 Å². The van der Waals surface area contributed by atoms with Gasteiger partial charge in [0.05, 0.1) is 0 Å². The fourth-order valence-corrected chi connectivity index (χ4v) is 2.70. The third kappa shape index (κ3) is 1.37. The van der Waals surface area contributed by atoms with Crippen LogP contribution in [-0.4, -0.2) is 19.7 Å². The van der Waals surface area contributed by atoms with E-state index in [2.05, 4.69) is 31.9 Å². The Hall–Kier alpha value is -1.88. The number of nitrogens with one attached hydrogen (secondary N) is 2. The highest BCUT2D eigenvalue weighted by Gasteiger charge is 2.28. The van der Waals surface area contributed by atoms with E-state index in [4.69, 9.17) is 12.2 Å². The van der Waals surface area contributed by atoms with E-state index in [9.17, 15) is 0 Å². The van der Waals surface area contributed by atoms with Crippen molar-refractivity contribution in [2.75, 3.05) is 0 Å². The van der Waals surface area contributed by atoms with Crippen molar-refractivity contribution in [1.82, 2.24) is 19.7 Å². The number of hydrogen-bond donors (Lipinski definition) is 2. The van der Waals surface area contributed by atoms with Gasteiger partial charge in [-0.2, -0.15) is 5.10 Å². The van der Waals surface area contributed by atoms with Crippen molar-refractivity contribution in [3.63, 3.8) is 0 Å². The lowest BCUT2D eigenvalue weighted by Gasteiger charge is -2.03. The van der Waals surface area contributed by atoms with E-state index in [-0.39, 0.29) is 0 Å². The third-order valence-electron chi connectivity index (χ3n) is 3.45. The average molecular weight is 256 g/mol. The molecule has 18 heavy (non-hydrogen) atoms. The Labute approximate surface area is 109 Å². The second-order valence-electron chi connectivity index (χ2n) is 4.70. The zero-order valence-corrected chi connectivity index (χ0v) is 10.5. The van der Waals surface area contributed by atoms with E-state index >= 15 is 0 Å². The second-order valence-corrected chi connectivity index (χ2v) is 5.09. The number of rotatable bonds is 2. The van der Waals surface area contributed by atoms with Gasteiger partial charge < -0.3 is 4.98 Å². The molecule has 0 atom stereocenters. The number of nitrogens with zero attached hydrogens (tertiary/aromatic N) is 2. The topological polar surface area (TPSA) is 49.4 Å². The molecule has 0 bridgehead atoms. The molecule has 2 heterocycles. The Morgan fingerprint density at radius 2 is 2.11 bits per heavy atom. The van der Waals surface area contributed by atoms with Crippen molar-refractivity contribution in [2.24, 2.45) is 0 Å². The van der Waals surface area contributed by atoms with Crippen LogP contribution in [0.1, 0.15) is 18.9 Å². The van der Waals surface area contributed by atoms with E-state index in [1.54, 1.807) is 0 Å². The molecule has 4 nitrogen and oxygen atoms in total. The van der Waals surface area contributed by atoms with Gasteiger partial charge in [-0.3, -0.25) is 9.67 Å². The molecule has 0 saturated heterocycles. The number of H-pyrrole nitrogens is 2. The van der Waals surface area contributed by atoms with Gasteiger partial charge in [0.15, 0.2) is 10.6 Å². The highest BCUT2D eigenvalue weighted by molar-refractivity contribution is 7.71. The number of para-hydroxylation sites is 1. The van der Waals surface area contributed by atoms with Gasteiger partial charge in [0.1, 0.15) is 0 Å². The molecule has 0 spiro atoms. The molecular formula is C13H12N4S. The van der Waals surface area contributed by atoms with Gasteiger partial charge in [-0.25, -0.2) is 0 Å². The third-order valence-corrected chi connectivity index (χ3v) is 3.73. The van der Waals surface area contributed by atoms with E-state index in [0.717, 1.165) is 21.7 Å². The number of aromatic amines is 2. The molecule has 2 N–H and O–H groups in total. The van der Waals surface area contributed by atoms with Crippen molar-refractivity contribution in [3.8, 4) is 11.4 Å². The molecular weight excluding hydrogens is 244 g/mol. The van der Waals surface area contributed by atoms with Crippen molar-refractivity contribution in [2.45, 2.75) is 18.9 Å². The highest BCUT2D eigenvalue weighted by atomic mass is 32.1. The molecule has 1 saturated carbocycles. The summed E-state index contributed by atoms with van der Waals surface area (Å²) in [4.78, 5) is 3.28. The van der Waals surface area contributed by atoms with Gasteiger partial charge in [-0.1, -0.05) is 18.2 Å². The number of hydrogen-bond acceptors (Lipinski definition) is 2. The first kappa shape index (κ1) is 10.1. The van der Waals surface area contributed by atoms with Crippen LogP contribution in [0.5, 0.6) is 0 Å². The highest BCUT2D eigenvalue weighted by Crippen LogP contribution is 2.39. The Morgan fingerprint density at radius 1 is 1.28 bits per heavy atom. The van der Waals surface area contributed by atoms with Crippen molar-refractivity contribution < 1.29 is 0 Å². The summed E-state index contributed by atoms with van der Waals surface area (Å²) in [7, 11) is 0. The number of benzene rings is 1. The predicted molar refractivity (Wildman–Crippen MR) is 73.0 cm³/mol. The van der Waals surface area contributed by atoms with E-state index in [1.807, 2.05) is 18.3 Å². The molecule has 2 aromatic heterocycles. The Bertz CT molecular complexity index is 775. The molecule has 0 radical (unpaired) electrons. The lowest BCUT2D eigenvalue weighted by Crippen LogP contribution is -1.96. The van der Waals surface area contributed by atoms with Crippen LogP contribution in [0.15, 0.2) is 30.5 Å². The van der Waals surface area contributed by atoms with Crippen LogP contribution in [0.4, 0.5) is 0 Å². The van der Waals surface area contributed by atoms with Crippen LogP contribution >= 0.6 is 12.2 Å². The molecule has 0 aliphatic heterocycles. The SMILES string of the molecule is S=c1[nH]nc(-c2c[nH]c3ccccc23)n1C1CC1. The van der Waals surface area contributed by atoms with E-state index in [0.29, 0.717) is 6.04 Å². The van der Waals surface area contributed by atoms with Gasteiger partial charge >= 0.3 is 0 Å². The molecule has 4 rings (SSSR count). The summed E-state index contributed by atoms with van der Waals surface area (Å²) in [5.74, 6) is 0.944. The maximum Gasteiger partial charge on any atom is 0.195 e. The summed E-state index contributed by atoms with van der Waals surface area (Å²) in [6.07, 6.45) is 4.40. The molecule has 1 aromatic carbocycles. The first-order valence-corrected chi connectivity index (χ1v) is 6.49. The molecule has 1 aliphatic rings. The van der Waals surface area contributed by atoms with Crippen LogP contribution < -0.4 is 0 Å². The maximum absolute atomic E-state index is 5.32. The lowest BCUT2D eigenvalue weighted by atomic mass is 10.1. The van der Waals surface area contributed by atoms with Gasteiger partial charge in [0.25, 0.3) is 0 Å². The molecule has 90 valence electrons. The Morgan fingerprint density at radius 3 is 2.94 bits per heavy atom. The summed E-state index contributed by atoms with van der Waals surface area (Å²) in [6.45, 7) is 0. The number of aromatic nitrogens is 4. The quantitative estimate of drug-likeness (QED) is 0.690. The predicted octanol–water partition coefficient (Wildman–Crippen LogP) is 3.42. The largest absolute Gasteiger partial charge is 0.360 e. The summed E-state index contributed by atoms with van der Waals surface area (Å²) in [5.41, 5.74) is 2.24. The van der Waals surface area contributed by atoms with E-state index in [1.165, 1.54) is 18.2 Å². The second kappa shape index (κ2) is 3.55. The first-order chi connectivity index (χ1) is 8.84. The fourth-order valence-electron chi connectivity index (χ4n) is 2.42. The van der Waals surface area contributed by atoms with Crippen LogP contribution in [0.2, 0.25) is 0 Å². The summed E-state index contributed by atoms with van der Waals surface area (Å²) in [6, 6.07) is 8.78. The van der Waals surface area contributed by atoms with Crippen molar-refractivity contribution >= 4 is 23.1 Å². The standard InChI is InChI=1S/C13H12N4S/c18-13-16-15-12(17(13)8-5-6-8)10-7-14-11-4-2-1-3-9(10)11/h1-4,7-8,14H,5-6H2,(H,16,18). The van der Waals surface area contributed by atoms with Crippen molar-refractivity contribution in [1.29, 1.82) is 0 Å². The maximum atomic E-state index is 5.32. The Kier molecular flexibility index (Phi) is 1.99. The molecule has 1 aliphatic carbocycles.